The van der Waals surface area contributed by atoms with Gasteiger partial charge in [0.25, 0.3) is 0 Å². The number of para-hydroxylation sites is 1. The first-order chi connectivity index (χ1) is 14.9. The lowest BCUT2D eigenvalue weighted by Crippen LogP contribution is -2.37. The van der Waals surface area contributed by atoms with Crippen LogP contribution >= 0.6 is 0 Å². The van der Waals surface area contributed by atoms with Crippen molar-refractivity contribution in [3.05, 3.63) is 29.3 Å². The molecule has 0 unspecified atom stereocenters. The summed E-state index contributed by atoms with van der Waals surface area (Å²) in [5, 5.41) is 0. The maximum Gasteiger partial charge on any atom is 0.226 e. The van der Waals surface area contributed by atoms with Gasteiger partial charge in [0.1, 0.15) is 11.5 Å². The normalized spacial score (nSPS) is 19.4. The monoisotopic (exact) mass is 465 g/mol. The molecule has 0 saturated heterocycles. The van der Waals surface area contributed by atoms with Crippen molar-refractivity contribution >= 4 is 21.5 Å². The Labute approximate surface area is 193 Å². The summed E-state index contributed by atoms with van der Waals surface area (Å²) in [5.41, 5.74) is 1.58. The van der Waals surface area contributed by atoms with Crippen LogP contribution in [0.15, 0.2) is 18.2 Å². The second-order valence-corrected chi connectivity index (χ2v) is 12.5. The minimum Gasteiger partial charge on any atom is -0.496 e. The number of likely N-dealkylation sites (N-methyl/N-ethyl adjacent to an activating group) is 1. The fraction of sp³-hybridized carbons (Fsp3) is 0.680. The molecule has 32 heavy (non-hydrogen) atoms. The van der Waals surface area contributed by atoms with E-state index in [1.165, 1.54) is 4.90 Å². The highest BCUT2D eigenvalue weighted by Crippen LogP contribution is 2.34. The molecule has 6 nitrogen and oxygen atoms in total. The van der Waals surface area contributed by atoms with Crippen LogP contribution in [-0.2, 0) is 32.3 Å². The van der Waals surface area contributed by atoms with Crippen LogP contribution < -0.4 is 4.74 Å². The van der Waals surface area contributed by atoms with E-state index in [2.05, 4.69) is 0 Å². The van der Waals surface area contributed by atoms with E-state index in [-0.39, 0.29) is 42.1 Å². The van der Waals surface area contributed by atoms with Gasteiger partial charge < -0.3 is 9.64 Å². The second kappa shape index (κ2) is 10.8. The molecule has 1 aromatic carbocycles. The molecule has 1 aromatic rings. The van der Waals surface area contributed by atoms with Crippen molar-refractivity contribution in [2.75, 3.05) is 27.0 Å². The topological polar surface area (TPSA) is 80.8 Å². The molecule has 1 aliphatic rings. The van der Waals surface area contributed by atoms with Gasteiger partial charge in [-0.15, -0.1) is 0 Å². The zero-order valence-electron chi connectivity index (χ0n) is 20.4. The maximum absolute atomic E-state index is 13.0. The Bertz CT molecular complexity index is 912. The number of ketones is 1. The van der Waals surface area contributed by atoms with Crippen molar-refractivity contribution in [1.29, 1.82) is 0 Å². The van der Waals surface area contributed by atoms with E-state index in [0.717, 1.165) is 36.8 Å². The Morgan fingerprint density at radius 2 is 1.62 bits per heavy atom. The van der Waals surface area contributed by atoms with Gasteiger partial charge in [0, 0.05) is 37.6 Å². The molecule has 1 fully saturated rings. The number of amides is 1. The number of nitrogens with zero attached hydrogens (tertiary/aromatic N) is 1. The van der Waals surface area contributed by atoms with E-state index in [0.29, 0.717) is 12.2 Å². The molecule has 0 spiro atoms. The summed E-state index contributed by atoms with van der Waals surface area (Å²) >= 11 is 0. The van der Waals surface area contributed by atoms with Gasteiger partial charge in [0.05, 0.1) is 24.0 Å². The lowest BCUT2D eigenvalue weighted by Gasteiger charge is -2.31. The van der Waals surface area contributed by atoms with E-state index in [1.54, 1.807) is 35.1 Å². The summed E-state index contributed by atoms with van der Waals surface area (Å²) in [6.07, 6.45) is 4.09. The fourth-order valence-electron chi connectivity index (χ4n) is 4.24. The minimum atomic E-state index is -3.16. The first-order valence-corrected chi connectivity index (χ1v) is 13.2. The summed E-state index contributed by atoms with van der Waals surface area (Å²) < 4.78 is 30.3. The van der Waals surface area contributed by atoms with Gasteiger partial charge >= 0.3 is 0 Å². The van der Waals surface area contributed by atoms with Gasteiger partial charge in [-0.05, 0) is 51.9 Å². The Kier molecular flexibility index (Phi) is 8.91. The molecular formula is C25H39NO5S. The van der Waals surface area contributed by atoms with Gasteiger partial charge in [0.2, 0.25) is 5.91 Å². The largest absolute Gasteiger partial charge is 0.496 e. The summed E-state index contributed by atoms with van der Waals surface area (Å²) in [4.78, 5) is 26.7. The van der Waals surface area contributed by atoms with Gasteiger partial charge in [-0.2, -0.15) is 0 Å². The molecule has 0 heterocycles. The minimum absolute atomic E-state index is 0.0219. The lowest BCUT2D eigenvalue weighted by molar-refractivity contribution is -0.128. The van der Waals surface area contributed by atoms with E-state index >= 15 is 0 Å². The molecule has 1 amide bonds. The number of hydrogen-bond donors (Lipinski definition) is 0. The van der Waals surface area contributed by atoms with Crippen LogP contribution in [0.3, 0.4) is 0 Å². The summed E-state index contributed by atoms with van der Waals surface area (Å²) in [7, 11) is 1.84. The van der Waals surface area contributed by atoms with Crippen LogP contribution in [0.1, 0.15) is 64.0 Å². The zero-order valence-corrected chi connectivity index (χ0v) is 21.3. The number of methoxy groups -OCH3 is 1. The smallest absolute Gasteiger partial charge is 0.226 e. The molecule has 1 aliphatic carbocycles. The quantitative estimate of drug-likeness (QED) is 0.524. The van der Waals surface area contributed by atoms with Crippen molar-refractivity contribution in [2.45, 2.75) is 70.5 Å². The first-order valence-electron chi connectivity index (χ1n) is 11.5. The van der Waals surface area contributed by atoms with Gasteiger partial charge in [-0.3, -0.25) is 9.59 Å². The number of Topliss-reactive ketones (excluding diaryl/α,β-unsaturated/α-hetero) is 1. The molecule has 0 radical (unpaired) electrons. The third-order valence-electron chi connectivity index (χ3n) is 7.04. The second-order valence-electron chi connectivity index (χ2n) is 9.83. The van der Waals surface area contributed by atoms with Gasteiger partial charge in [0.15, 0.2) is 9.84 Å². The summed E-state index contributed by atoms with van der Waals surface area (Å²) in [6, 6.07) is 5.60. The highest BCUT2D eigenvalue weighted by atomic mass is 32.2. The summed E-state index contributed by atoms with van der Waals surface area (Å²) in [5.74, 6) is 1.04. The number of sulfone groups is 1. The Hall–Kier alpha value is -1.89. The average Bonchev–Trinajstić information content (AvgIpc) is 2.73. The molecule has 1 saturated carbocycles. The van der Waals surface area contributed by atoms with E-state index < -0.39 is 14.6 Å². The molecular weight excluding hydrogens is 426 g/mol. The van der Waals surface area contributed by atoms with Crippen LogP contribution in [0.4, 0.5) is 0 Å². The third kappa shape index (κ3) is 6.33. The summed E-state index contributed by atoms with van der Waals surface area (Å²) in [6.45, 7) is 5.50. The molecule has 0 N–H and O–H groups in total. The predicted octanol–water partition coefficient (Wildman–Crippen LogP) is 3.85. The van der Waals surface area contributed by atoms with E-state index in [1.807, 2.05) is 25.1 Å². The Morgan fingerprint density at radius 1 is 1.06 bits per heavy atom. The number of hydrogen-bond acceptors (Lipinski definition) is 5. The molecule has 0 bridgehead atoms. The predicted molar refractivity (Wildman–Crippen MR) is 128 cm³/mol. The molecule has 2 rings (SSSR count). The van der Waals surface area contributed by atoms with Crippen molar-refractivity contribution in [3.63, 3.8) is 0 Å². The van der Waals surface area contributed by atoms with Crippen molar-refractivity contribution in [2.24, 2.45) is 11.8 Å². The molecule has 7 heteroatoms. The van der Waals surface area contributed by atoms with Gasteiger partial charge in [-0.1, -0.05) is 25.1 Å². The van der Waals surface area contributed by atoms with E-state index in [9.17, 15) is 18.0 Å². The number of benzene rings is 1. The van der Waals surface area contributed by atoms with Crippen molar-refractivity contribution in [1.82, 2.24) is 4.90 Å². The number of carbonyl (C=O) groups is 2. The molecule has 0 aromatic heterocycles. The first kappa shape index (κ1) is 26.4. The zero-order chi connectivity index (χ0) is 24.1. The van der Waals surface area contributed by atoms with Crippen molar-refractivity contribution < 1.29 is 22.7 Å². The standard InChI is InChI=1S/C25H39NO5S/c1-7-25(2,3)32(29,30)17-18-11-13-19(14-12-18)22(27)15-20-9-8-10-21(24(20)31-6)16-23(28)26(4)5/h8-10,18-19H,7,11-17H2,1-6H3. The average molecular weight is 466 g/mol. The van der Waals surface area contributed by atoms with E-state index in [4.69, 9.17) is 4.74 Å². The highest BCUT2D eigenvalue weighted by molar-refractivity contribution is 7.92. The Balaban J connectivity index is 2.01. The fourth-order valence-corrected chi connectivity index (χ4v) is 6.08. The highest BCUT2D eigenvalue weighted by Gasteiger charge is 2.36. The van der Waals surface area contributed by atoms with Crippen LogP contribution in [0.25, 0.3) is 0 Å². The molecule has 0 atom stereocenters. The Morgan fingerprint density at radius 3 is 2.12 bits per heavy atom. The number of ether oxygens (including phenoxy) is 1. The molecule has 180 valence electrons. The molecule has 0 aliphatic heterocycles. The van der Waals surface area contributed by atoms with Crippen LogP contribution in [-0.4, -0.2) is 56.7 Å². The number of carbonyl (C=O) groups excluding carboxylic acids is 2. The van der Waals surface area contributed by atoms with Crippen LogP contribution in [0.5, 0.6) is 5.75 Å². The van der Waals surface area contributed by atoms with Crippen LogP contribution in [0.2, 0.25) is 0 Å². The van der Waals surface area contributed by atoms with Gasteiger partial charge in [-0.25, -0.2) is 8.42 Å². The third-order valence-corrected chi connectivity index (χ3v) is 9.92. The maximum atomic E-state index is 13.0. The number of rotatable bonds is 10. The lowest BCUT2D eigenvalue weighted by atomic mass is 9.79. The SMILES string of the molecule is CCC(C)(C)S(=O)(=O)CC1CCC(C(=O)Cc2cccc(CC(=O)N(C)C)c2OC)CC1. The van der Waals surface area contributed by atoms with Crippen LogP contribution in [0, 0.1) is 11.8 Å². The van der Waals surface area contributed by atoms with Crippen molar-refractivity contribution in [3.8, 4) is 5.75 Å².